The molecule has 0 aliphatic carbocycles. The lowest BCUT2D eigenvalue weighted by Gasteiger charge is -2.61. The second-order valence-electron chi connectivity index (χ2n) is 13.4. The van der Waals surface area contributed by atoms with E-state index in [2.05, 4.69) is 117 Å². The highest BCUT2D eigenvalue weighted by molar-refractivity contribution is 6.84. The molecule has 1 aliphatic heterocycles. The number of amides is 1. The van der Waals surface area contributed by atoms with Crippen molar-refractivity contribution in [2.24, 2.45) is 11.8 Å². The fourth-order valence-electron chi connectivity index (χ4n) is 3.69. The molecule has 1 amide bonds. The van der Waals surface area contributed by atoms with Crippen LogP contribution in [0.5, 0.6) is 0 Å². The average Bonchev–Trinajstić information content (AvgIpc) is 2.46. The summed E-state index contributed by atoms with van der Waals surface area (Å²) in [5.41, 5.74) is 3.56. The Balaban J connectivity index is 3.34. The second-order valence-corrected chi connectivity index (χ2v) is 28.0. The van der Waals surface area contributed by atoms with Crippen LogP contribution in [0.25, 0.3) is 0 Å². The van der Waals surface area contributed by atoms with Gasteiger partial charge in [0.2, 0.25) is 5.91 Å². The fraction of sp³-hybridized carbons (Fsp3) is 0.875. The van der Waals surface area contributed by atoms with E-state index in [1.165, 1.54) is 0 Å². The minimum absolute atomic E-state index is 0.0689. The number of rotatable bonds is 5. The summed E-state index contributed by atoms with van der Waals surface area (Å²) in [4.78, 5) is 13.6. The van der Waals surface area contributed by atoms with Crippen LogP contribution in [-0.4, -0.2) is 47.2 Å². The van der Waals surface area contributed by atoms with Crippen LogP contribution in [0.1, 0.15) is 55.4 Å². The molecule has 0 aromatic carbocycles. The van der Waals surface area contributed by atoms with E-state index in [9.17, 15) is 4.79 Å². The first kappa shape index (κ1) is 27.7. The van der Waals surface area contributed by atoms with Crippen LogP contribution < -0.4 is 0 Å². The van der Waals surface area contributed by atoms with Crippen molar-refractivity contribution in [3.63, 3.8) is 0 Å². The zero-order valence-electron chi connectivity index (χ0n) is 22.6. The fourth-order valence-corrected chi connectivity index (χ4v) is 8.33. The lowest BCUT2D eigenvalue weighted by Crippen LogP contribution is -2.76. The molecule has 4 atom stereocenters. The van der Waals surface area contributed by atoms with Gasteiger partial charge in [0.15, 0.2) is 16.6 Å². The summed E-state index contributed by atoms with van der Waals surface area (Å²) in [6.07, 6.45) is -0.0689. The average molecular weight is 468 g/mol. The molecule has 0 aromatic heterocycles. The van der Waals surface area contributed by atoms with E-state index in [0.29, 0.717) is 5.91 Å². The van der Waals surface area contributed by atoms with Crippen LogP contribution in [-0.2, 0) is 9.22 Å². The van der Waals surface area contributed by atoms with Gasteiger partial charge in [-0.3, -0.25) is 4.79 Å². The third-order valence-electron chi connectivity index (χ3n) is 7.61. The lowest BCUT2D eigenvalue weighted by molar-refractivity contribution is -0.156. The van der Waals surface area contributed by atoms with E-state index < -0.39 is 24.6 Å². The Bertz CT molecular complexity index is 699. The van der Waals surface area contributed by atoms with Crippen molar-refractivity contribution >= 4 is 30.5 Å². The molecule has 3 nitrogen and oxygen atoms in total. The molecule has 0 unspecified atom stereocenters. The first-order valence-corrected chi connectivity index (χ1v) is 20.9. The van der Waals surface area contributed by atoms with Gasteiger partial charge in [-0.2, -0.15) is 0 Å². The summed E-state index contributed by atoms with van der Waals surface area (Å²) >= 11 is 0. The monoisotopic (exact) mass is 467 g/mol. The van der Waals surface area contributed by atoms with Crippen LogP contribution >= 0.6 is 0 Å². The van der Waals surface area contributed by atoms with E-state index in [1.807, 2.05) is 0 Å². The molecule has 174 valence electrons. The highest BCUT2D eigenvalue weighted by Gasteiger charge is 2.60. The number of β-lactam (4-membered cyclic amide) rings is 1. The van der Waals surface area contributed by atoms with Gasteiger partial charge in [-0.05, 0) is 37.0 Å². The summed E-state index contributed by atoms with van der Waals surface area (Å²) in [5.74, 6) is 3.95. The highest BCUT2D eigenvalue weighted by atomic mass is 28.4. The Labute approximate surface area is 191 Å². The Kier molecular flexibility index (Phi) is 7.87. The van der Waals surface area contributed by atoms with Crippen molar-refractivity contribution in [3.8, 4) is 11.5 Å². The quantitative estimate of drug-likeness (QED) is 0.254. The van der Waals surface area contributed by atoms with Gasteiger partial charge in [-0.1, -0.05) is 74.3 Å². The number of hydrogen-bond donors (Lipinski definition) is 0. The SMILES string of the molecule is C[C@H](C#C[Si](C)(C)C)[C@@H]1[C@@H]([C@@H](C)O[Si](C)(C)C(C)(C)C)C(=O)N1[Si](C)(C)C(C)(C)C. The molecule has 0 N–H and O–H groups in total. The molecule has 1 heterocycles. The maximum absolute atomic E-state index is 13.6. The molecule has 0 spiro atoms. The van der Waals surface area contributed by atoms with Crippen molar-refractivity contribution in [3.05, 3.63) is 0 Å². The molecule has 30 heavy (non-hydrogen) atoms. The number of hydrogen-bond acceptors (Lipinski definition) is 2. The van der Waals surface area contributed by atoms with Gasteiger partial charge in [0.1, 0.15) is 8.07 Å². The van der Waals surface area contributed by atoms with Crippen molar-refractivity contribution in [1.82, 2.24) is 4.57 Å². The number of carbonyl (C=O) groups excluding carboxylic acids is 1. The highest BCUT2D eigenvalue weighted by Crippen LogP contribution is 2.48. The minimum Gasteiger partial charge on any atom is -0.413 e. The van der Waals surface area contributed by atoms with Crippen LogP contribution in [0.15, 0.2) is 0 Å². The van der Waals surface area contributed by atoms with Crippen LogP contribution in [0.2, 0.25) is 55.9 Å². The van der Waals surface area contributed by atoms with E-state index in [4.69, 9.17) is 4.43 Å². The van der Waals surface area contributed by atoms with Crippen LogP contribution in [0, 0.1) is 23.3 Å². The summed E-state index contributed by atoms with van der Waals surface area (Å²) < 4.78 is 8.99. The third kappa shape index (κ3) is 5.70. The molecule has 6 heteroatoms. The molecular formula is C24H49NO2Si3. The van der Waals surface area contributed by atoms with Gasteiger partial charge in [0.05, 0.1) is 18.1 Å². The topological polar surface area (TPSA) is 29.5 Å². The molecule has 0 aromatic rings. The van der Waals surface area contributed by atoms with Gasteiger partial charge in [-0.15, -0.1) is 11.5 Å². The van der Waals surface area contributed by atoms with Gasteiger partial charge < -0.3 is 8.99 Å². The van der Waals surface area contributed by atoms with E-state index in [1.54, 1.807) is 0 Å². The Morgan fingerprint density at radius 2 is 1.37 bits per heavy atom. The molecular weight excluding hydrogens is 419 g/mol. The van der Waals surface area contributed by atoms with Gasteiger partial charge in [0, 0.05) is 5.92 Å². The molecule has 0 saturated carbocycles. The Morgan fingerprint density at radius 3 is 1.73 bits per heavy atom. The molecule has 0 radical (unpaired) electrons. The zero-order valence-corrected chi connectivity index (χ0v) is 25.6. The second kappa shape index (κ2) is 8.53. The maximum atomic E-state index is 13.6. The summed E-state index contributed by atoms with van der Waals surface area (Å²) in [7, 11) is -5.40. The minimum atomic E-state index is -1.99. The van der Waals surface area contributed by atoms with Gasteiger partial charge in [0.25, 0.3) is 0 Å². The van der Waals surface area contributed by atoms with Gasteiger partial charge in [-0.25, -0.2) is 0 Å². The largest absolute Gasteiger partial charge is 0.413 e. The molecule has 1 rings (SSSR count). The maximum Gasteiger partial charge on any atom is 0.222 e. The predicted octanol–water partition coefficient (Wildman–Crippen LogP) is 6.75. The zero-order chi connectivity index (χ0) is 24.1. The lowest BCUT2D eigenvalue weighted by atomic mass is 9.79. The summed E-state index contributed by atoms with van der Waals surface area (Å²) in [6.45, 7) is 34.1. The Morgan fingerprint density at radius 1 is 0.900 bits per heavy atom. The van der Waals surface area contributed by atoms with Crippen molar-refractivity contribution < 1.29 is 9.22 Å². The van der Waals surface area contributed by atoms with Crippen molar-refractivity contribution in [1.29, 1.82) is 0 Å². The summed E-state index contributed by atoms with van der Waals surface area (Å²) in [5, 5.41) is 0.243. The van der Waals surface area contributed by atoms with E-state index in [0.717, 1.165) is 0 Å². The first-order chi connectivity index (χ1) is 13.0. The van der Waals surface area contributed by atoms with Crippen LogP contribution in [0.3, 0.4) is 0 Å². The smallest absolute Gasteiger partial charge is 0.222 e. The number of carbonyl (C=O) groups is 1. The van der Waals surface area contributed by atoms with E-state index in [-0.39, 0.29) is 34.1 Å². The molecule has 1 saturated heterocycles. The third-order valence-corrected chi connectivity index (χ3v) is 18.5. The van der Waals surface area contributed by atoms with Gasteiger partial charge >= 0.3 is 0 Å². The Hall–Kier alpha value is -0.359. The van der Waals surface area contributed by atoms with Crippen molar-refractivity contribution in [2.75, 3.05) is 0 Å². The number of nitrogens with zero attached hydrogens (tertiary/aromatic N) is 1. The molecule has 0 bridgehead atoms. The first-order valence-electron chi connectivity index (χ1n) is 11.6. The standard InChI is InChI=1S/C24H49NO2Si3/c1-18(16-17-28(9,10)11)21-20(19(2)27-30(14,15)24(6,7)8)22(26)25(21)29(12,13)23(3,4)5/h18-21H,1-15H3/t18-,19-,20-,21-/m1/s1. The van der Waals surface area contributed by atoms with Crippen LogP contribution in [0.4, 0.5) is 0 Å². The summed E-state index contributed by atoms with van der Waals surface area (Å²) in [6, 6.07) is 0.155. The van der Waals surface area contributed by atoms with Crippen molar-refractivity contribution in [2.45, 2.75) is 123 Å². The normalized spacial score (nSPS) is 23.4. The molecule has 1 fully saturated rings. The van der Waals surface area contributed by atoms with E-state index >= 15 is 0 Å². The predicted molar refractivity (Wildman–Crippen MR) is 139 cm³/mol. The molecule has 1 aliphatic rings.